The lowest BCUT2D eigenvalue weighted by atomic mass is 9.85. The van der Waals surface area contributed by atoms with Crippen molar-refractivity contribution in [1.29, 1.82) is 0 Å². The molecule has 6 atom stereocenters. The van der Waals surface area contributed by atoms with E-state index in [1.165, 1.54) is 11.3 Å². The molecule has 7 rings (SSSR count). The van der Waals surface area contributed by atoms with Crippen molar-refractivity contribution >= 4 is 40.4 Å². The first-order valence-corrected chi connectivity index (χ1v) is 18.1. The maximum absolute atomic E-state index is 14.1. The Hall–Kier alpha value is -3.35. The van der Waals surface area contributed by atoms with Gasteiger partial charge in [-0.05, 0) is 61.5 Å². The fraction of sp³-hybridized carbons (Fsp3) is 0.667. The Morgan fingerprint density at radius 3 is 2.47 bits per heavy atom. The highest BCUT2D eigenvalue weighted by Gasteiger charge is 2.48. The number of morpholine rings is 1. The number of halogens is 1. The van der Waals surface area contributed by atoms with Crippen LogP contribution < -0.4 is 20.5 Å². The number of carbonyl (C=O) groups excluding carboxylic acids is 3. The second kappa shape index (κ2) is 13.8. The van der Waals surface area contributed by atoms with Crippen LogP contribution in [0.25, 0.3) is 10.9 Å². The van der Waals surface area contributed by atoms with E-state index in [0.29, 0.717) is 46.4 Å². The Morgan fingerprint density at radius 2 is 1.80 bits per heavy atom. The summed E-state index contributed by atoms with van der Waals surface area (Å²) in [7, 11) is 0. The van der Waals surface area contributed by atoms with Gasteiger partial charge in [0, 0.05) is 49.1 Å². The summed E-state index contributed by atoms with van der Waals surface area (Å²) >= 11 is 6.92. The van der Waals surface area contributed by atoms with Crippen molar-refractivity contribution in [3.63, 3.8) is 0 Å². The lowest BCUT2D eigenvalue weighted by molar-refractivity contribution is -0.141. The van der Waals surface area contributed by atoms with Gasteiger partial charge in [-0.1, -0.05) is 32.4 Å². The number of alkyl carbamates (subject to hydrolysis) is 1. The van der Waals surface area contributed by atoms with Crippen LogP contribution in [0.2, 0.25) is 5.02 Å². The minimum atomic E-state index is -0.930. The number of rotatable bonds is 11. The molecule has 3 aliphatic carbocycles. The molecule has 3 amide bonds. The molecular weight excluding hydrogens is 650 g/mol. The van der Waals surface area contributed by atoms with Crippen molar-refractivity contribution in [1.82, 2.24) is 20.1 Å². The third kappa shape index (κ3) is 7.71. The summed E-state index contributed by atoms with van der Waals surface area (Å²) < 4.78 is 23.8. The van der Waals surface area contributed by atoms with Crippen LogP contribution in [-0.4, -0.2) is 103 Å². The molecule has 0 radical (unpaired) electrons. The van der Waals surface area contributed by atoms with Gasteiger partial charge in [-0.3, -0.25) is 19.5 Å². The number of hydrogen-bond acceptors (Lipinski definition) is 9. The van der Waals surface area contributed by atoms with E-state index in [-0.39, 0.29) is 19.1 Å². The standard InChI is InChI=1S/C36H48ClN5O7/c1-36(2,3)32(40-35(45)49-23-15-21-14-22(21)16-23)34(44)42-19-24(17-27(42)33(38)43)48-29-18-26(20-4-5-20)39-31-25(29)6-7-28(30(31)37)47-13-10-41-8-11-46-12-9-41/h6-7,18,20-24,27,32H,4-5,8-17,19H2,1-3H3,(H2,38,43)(H,40,45)/t21-,22+,23+,24-,27+,32-/m1/s1. The number of hydrogen-bond donors (Lipinski definition) is 2. The fourth-order valence-corrected chi connectivity index (χ4v) is 7.84. The predicted molar refractivity (Wildman–Crippen MR) is 183 cm³/mol. The number of primary amides is 1. The number of likely N-dealkylation sites (tertiary alicyclic amines) is 1. The molecule has 1 aromatic carbocycles. The molecule has 3 heterocycles. The number of benzene rings is 1. The summed E-state index contributed by atoms with van der Waals surface area (Å²) in [6, 6.07) is 3.85. The summed E-state index contributed by atoms with van der Waals surface area (Å²) in [6.45, 7) is 10.2. The number of pyridine rings is 1. The molecule has 5 fully saturated rings. The van der Waals surface area contributed by atoms with Crippen molar-refractivity contribution in [2.45, 2.75) is 89.5 Å². The molecule has 0 unspecified atom stereocenters. The minimum absolute atomic E-state index is 0.121. The number of aromatic nitrogens is 1. The zero-order chi connectivity index (χ0) is 34.4. The summed E-state index contributed by atoms with van der Waals surface area (Å²) in [4.78, 5) is 48.5. The van der Waals surface area contributed by atoms with E-state index in [4.69, 9.17) is 41.3 Å². The first-order valence-electron chi connectivity index (χ1n) is 17.7. The van der Waals surface area contributed by atoms with Crippen LogP contribution in [0.15, 0.2) is 18.2 Å². The number of carbonyl (C=O) groups is 3. The molecule has 0 bridgehead atoms. The summed E-state index contributed by atoms with van der Waals surface area (Å²) in [6.07, 6.45) is 3.99. The summed E-state index contributed by atoms with van der Waals surface area (Å²) in [5.41, 5.74) is 6.68. The number of nitrogens with one attached hydrogen (secondary N) is 1. The zero-order valence-corrected chi connectivity index (χ0v) is 29.4. The van der Waals surface area contributed by atoms with Crippen LogP contribution in [0.4, 0.5) is 4.79 Å². The highest BCUT2D eigenvalue weighted by molar-refractivity contribution is 6.36. The number of amides is 3. The van der Waals surface area contributed by atoms with Crippen LogP contribution in [0, 0.1) is 17.3 Å². The molecule has 266 valence electrons. The average molecular weight is 698 g/mol. The second-order valence-electron chi connectivity index (χ2n) is 15.5. The smallest absolute Gasteiger partial charge is 0.408 e. The van der Waals surface area contributed by atoms with Gasteiger partial charge in [0.25, 0.3) is 0 Å². The van der Waals surface area contributed by atoms with E-state index in [9.17, 15) is 14.4 Å². The van der Waals surface area contributed by atoms with Gasteiger partial charge in [-0.15, -0.1) is 0 Å². The highest BCUT2D eigenvalue weighted by Crippen LogP contribution is 2.52. The van der Waals surface area contributed by atoms with Crippen molar-refractivity contribution < 1.29 is 33.3 Å². The first-order chi connectivity index (χ1) is 23.4. The van der Waals surface area contributed by atoms with Gasteiger partial charge >= 0.3 is 6.09 Å². The van der Waals surface area contributed by atoms with Crippen LogP contribution in [0.3, 0.4) is 0 Å². The van der Waals surface area contributed by atoms with Gasteiger partial charge in [-0.25, -0.2) is 4.79 Å². The third-order valence-electron chi connectivity index (χ3n) is 10.6. The molecule has 5 aliphatic rings. The van der Waals surface area contributed by atoms with Crippen molar-refractivity contribution in [2.24, 2.45) is 23.0 Å². The number of nitrogens with zero attached hydrogens (tertiary/aromatic N) is 3. The SMILES string of the molecule is CC(C)(C)[C@H](NC(=O)O[C@@H]1C[C@@H]2C[C@@H]2C1)C(=O)N1C[C@H](Oc2cc(C3CC3)nc3c(Cl)c(OCCN4CCOCC4)ccc23)C[C@H]1C(N)=O. The Balaban J connectivity index is 1.07. The minimum Gasteiger partial charge on any atom is -0.491 e. The monoisotopic (exact) mass is 697 g/mol. The normalized spacial score (nSPS) is 27.4. The van der Waals surface area contributed by atoms with Gasteiger partial charge in [0.15, 0.2) is 0 Å². The largest absolute Gasteiger partial charge is 0.491 e. The first kappa shape index (κ1) is 34.1. The van der Waals surface area contributed by atoms with E-state index < -0.39 is 41.5 Å². The van der Waals surface area contributed by atoms with Crippen LogP contribution in [-0.2, 0) is 19.1 Å². The predicted octanol–water partition coefficient (Wildman–Crippen LogP) is 4.25. The molecule has 2 aliphatic heterocycles. The van der Waals surface area contributed by atoms with E-state index in [1.54, 1.807) is 0 Å². The Morgan fingerprint density at radius 1 is 1.06 bits per heavy atom. The maximum Gasteiger partial charge on any atom is 0.408 e. The van der Waals surface area contributed by atoms with Gasteiger partial charge in [-0.2, -0.15) is 0 Å². The molecule has 3 N–H and O–H groups in total. The van der Waals surface area contributed by atoms with Crippen molar-refractivity contribution in [3.8, 4) is 11.5 Å². The summed E-state index contributed by atoms with van der Waals surface area (Å²) in [5.74, 6) is 1.76. The Kier molecular flexibility index (Phi) is 9.58. The summed E-state index contributed by atoms with van der Waals surface area (Å²) in [5, 5.41) is 3.96. The van der Waals surface area contributed by atoms with Crippen LogP contribution in [0.5, 0.6) is 11.5 Å². The molecule has 3 saturated carbocycles. The molecule has 1 aromatic heterocycles. The highest BCUT2D eigenvalue weighted by atomic mass is 35.5. The lowest BCUT2D eigenvalue weighted by Crippen LogP contribution is -2.57. The average Bonchev–Trinajstić information content (AvgIpc) is 3.97. The van der Waals surface area contributed by atoms with E-state index in [2.05, 4.69) is 10.2 Å². The van der Waals surface area contributed by atoms with Gasteiger partial charge in [0.05, 0.1) is 25.3 Å². The van der Waals surface area contributed by atoms with E-state index in [0.717, 1.165) is 69.6 Å². The number of fused-ring (bicyclic) bond motifs is 2. The topological polar surface area (TPSA) is 146 Å². The van der Waals surface area contributed by atoms with Gasteiger partial charge < -0.3 is 34.9 Å². The Labute approximate surface area is 292 Å². The maximum atomic E-state index is 14.1. The molecule has 49 heavy (non-hydrogen) atoms. The Bertz CT molecular complexity index is 1580. The van der Waals surface area contributed by atoms with Crippen LogP contribution >= 0.6 is 11.6 Å². The molecule has 2 aromatic rings. The van der Waals surface area contributed by atoms with Crippen molar-refractivity contribution in [2.75, 3.05) is 46.0 Å². The van der Waals surface area contributed by atoms with Crippen LogP contribution in [0.1, 0.15) is 70.9 Å². The fourth-order valence-electron chi connectivity index (χ4n) is 7.58. The molecule has 2 saturated heterocycles. The van der Waals surface area contributed by atoms with E-state index in [1.807, 2.05) is 39.0 Å². The molecule has 0 spiro atoms. The van der Waals surface area contributed by atoms with Crippen molar-refractivity contribution in [3.05, 3.63) is 28.9 Å². The number of ether oxygens (including phenoxy) is 4. The zero-order valence-electron chi connectivity index (χ0n) is 28.6. The van der Waals surface area contributed by atoms with E-state index >= 15 is 0 Å². The molecule has 13 heteroatoms. The van der Waals surface area contributed by atoms with Gasteiger partial charge in [0.2, 0.25) is 11.8 Å². The molecular formula is C36H48ClN5O7. The lowest BCUT2D eigenvalue weighted by Gasteiger charge is -2.35. The number of nitrogens with two attached hydrogens (primary N) is 1. The third-order valence-corrected chi connectivity index (χ3v) is 11.0. The second-order valence-corrected chi connectivity index (χ2v) is 15.9. The van der Waals surface area contributed by atoms with Gasteiger partial charge in [0.1, 0.15) is 47.4 Å². The molecule has 12 nitrogen and oxygen atoms in total. The quantitative estimate of drug-likeness (QED) is 0.352.